The highest BCUT2D eigenvalue weighted by molar-refractivity contribution is 5.91. The molecule has 0 saturated carbocycles. The van der Waals surface area contributed by atoms with Crippen LogP contribution in [0.15, 0.2) is 11.6 Å². The lowest BCUT2D eigenvalue weighted by molar-refractivity contribution is -0.219. The maximum atomic E-state index is 13.2. The number of alkyl halides is 1. The minimum Gasteiger partial charge on any atom is -0.477 e. The summed E-state index contributed by atoms with van der Waals surface area (Å²) in [5.41, 5.74) is 5.50. The highest BCUT2D eigenvalue weighted by Gasteiger charge is 2.48. The van der Waals surface area contributed by atoms with Crippen molar-refractivity contribution < 1.29 is 33.5 Å². The van der Waals surface area contributed by atoms with Gasteiger partial charge in [-0.25, -0.2) is 18.8 Å². The van der Waals surface area contributed by atoms with Gasteiger partial charge in [0.25, 0.3) is 0 Å². The highest BCUT2D eigenvalue weighted by Crippen LogP contribution is 2.30. The molecule has 1 saturated heterocycles. The number of halogens is 1. The number of rotatable bonds is 7. The Hall–Kier alpha value is -2.69. The number of aliphatic carboxylic acids is 1. The maximum absolute atomic E-state index is 13.2. The number of nitrogens with zero attached hydrogens (tertiary/aromatic N) is 2. The number of fused-ring (bicyclic) bond motifs is 2. The second-order valence-corrected chi connectivity index (χ2v) is 5.41. The predicted octanol–water partition coefficient (Wildman–Crippen LogP) is -1.28. The quantitative estimate of drug-likeness (QED) is 0.491. The van der Waals surface area contributed by atoms with Crippen LogP contribution < -0.4 is 11.1 Å². The molecule has 2 aliphatic rings. The zero-order chi connectivity index (χ0) is 18.0. The molecule has 4 N–H and O–H groups in total. The Morgan fingerprint density at radius 2 is 2.21 bits per heavy atom. The van der Waals surface area contributed by atoms with Gasteiger partial charge in [0.2, 0.25) is 11.8 Å². The number of hydrogen-bond donors (Lipinski definition) is 3. The van der Waals surface area contributed by atoms with Gasteiger partial charge in [0.15, 0.2) is 0 Å². The van der Waals surface area contributed by atoms with Crippen LogP contribution in [0, 0.1) is 0 Å². The standard InChI is InChI=1S/C13H17FN4O6/c1-6-4-7-5-17(9(6)11(20)16-3-2-8(15)19)13(23)18(7)24-10(14)12(21)22/h4,7,9-10H,2-3,5H2,1H3,(H2,15,19)(H,16,20)(H,21,22)/t7-,9+,10?/m1/s1. The number of carboxylic acid groups (broad SMARTS) is 1. The molecule has 1 unspecified atom stereocenters. The molecule has 3 atom stereocenters. The Bertz CT molecular complexity index is 609. The van der Waals surface area contributed by atoms with Crippen LogP contribution in [0.4, 0.5) is 9.18 Å². The lowest BCUT2D eigenvalue weighted by atomic mass is 10.00. The van der Waals surface area contributed by atoms with Gasteiger partial charge in [0.1, 0.15) is 6.04 Å². The number of carbonyl (C=O) groups excluding carboxylic acids is 3. The van der Waals surface area contributed by atoms with E-state index < -0.39 is 42.3 Å². The first-order valence-electron chi connectivity index (χ1n) is 7.10. The molecule has 0 spiro atoms. The van der Waals surface area contributed by atoms with Gasteiger partial charge >= 0.3 is 18.4 Å². The fourth-order valence-corrected chi connectivity index (χ4v) is 2.62. The number of amides is 4. The Morgan fingerprint density at radius 3 is 2.79 bits per heavy atom. The summed E-state index contributed by atoms with van der Waals surface area (Å²) in [7, 11) is 0. The van der Waals surface area contributed by atoms with E-state index in [2.05, 4.69) is 10.2 Å². The first-order chi connectivity index (χ1) is 11.2. The topological polar surface area (TPSA) is 142 Å². The molecule has 24 heavy (non-hydrogen) atoms. The van der Waals surface area contributed by atoms with Gasteiger partial charge in [0, 0.05) is 13.0 Å². The number of hydroxylamine groups is 2. The molecular weight excluding hydrogens is 327 g/mol. The first kappa shape index (κ1) is 17.7. The third-order valence-electron chi connectivity index (χ3n) is 3.64. The Balaban J connectivity index is 2.08. The number of urea groups is 1. The summed E-state index contributed by atoms with van der Waals surface area (Å²) >= 11 is 0. The molecule has 2 aliphatic heterocycles. The van der Waals surface area contributed by atoms with Gasteiger partial charge in [0.05, 0.1) is 12.6 Å². The molecule has 0 aliphatic carbocycles. The molecule has 2 heterocycles. The zero-order valence-corrected chi connectivity index (χ0v) is 12.8. The average molecular weight is 344 g/mol. The van der Waals surface area contributed by atoms with E-state index in [0.29, 0.717) is 10.6 Å². The van der Waals surface area contributed by atoms with E-state index in [0.717, 1.165) is 4.90 Å². The van der Waals surface area contributed by atoms with Crippen LogP contribution >= 0.6 is 0 Å². The molecule has 1 fully saturated rings. The van der Waals surface area contributed by atoms with Gasteiger partial charge < -0.3 is 21.1 Å². The van der Waals surface area contributed by atoms with Gasteiger partial charge in [-0.3, -0.25) is 9.59 Å². The van der Waals surface area contributed by atoms with E-state index in [4.69, 9.17) is 10.8 Å². The lowest BCUT2D eigenvalue weighted by Gasteiger charge is -2.29. The summed E-state index contributed by atoms with van der Waals surface area (Å²) in [6, 6.07) is -2.45. The van der Waals surface area contributed by atoms with Crippen molar-refractivity contribution in [2.24, 2.45) is 5.73 Å². The molecule has 4 amide bonds. The SMILES string of the molecule is CC1=C[C@@H]2CN(C(=O)N2OC(F)C(=O)O)[C@@H]1C(=O)NCCC(N)=O. The van der Waals surface area contributed by atoms with Crippen molar-refractivity contribution in [3.63, 3.8) is 0 Å². The maximum Gasteiger partial charge on any atom is 0.368 e. The van der Waals surface area contributed by atoms with Crippen LogP contribution in [-0.4, -0.2) is 70.4 Å². The molecule has 0 aromatic carbocycles. The van der Waals surface area contributed by atoms with Crippen molar-refractivity contribution in [1.82, 2.24) is 15.3 Å². The summed E-state index contributed by atoms with van der Waals surface area (Å²) in [4.78, 5) is 51.4. The molecule has 0 radical (unpaired) electrons. The van der Waals surface area contributed by atoms with Crippen molar-refractivity contribution in [3.05, 3.63) is 11.6 Å². The van der Waals surface area contributed by atoms with Crippen molar-refractivity contribution in [3.8, 4) is 0 Å². The monoisotopic (exact) mass is 344 g/mol. The average Bonchev–Trinajstić information content (AvgIpc) is 2.72. The normalized spacial score (nSPS) is 23.8. The van der Waals surface area contributed by atoms with Crippen LogP contribution in [0.3, 0.4) is 0 Å². The minimum absolute atomic E-state index is 0.0230. The third kappa shape index (κ3) is 3.45. The van der Waals surface area contributed by atoms with Crippen molar-refractivity contribution in [2.75, 3.05) is 13.1 Å². The van der Waals surface area contributed by atoms with Gasteiger partial charge in [-0.15, -0.1) is 0 Å². The smallest absolute Gasteiger partial charge is 0.368 e. The minimum atomic E-state index is -2.69. The van der Waals surface area contributed by atoms with Crippen molar-refractivity contribution >= 4 is 23.8 Å². The largest absolute Gasteiger partial charge is 0.477 e. The fraction of sp³-hybridized carbons (Fsp3) is 0.538. The number of primary amides is 1. The molecule has 2 rings (SSSR count). The zero-order valence-electron chi connectivity index (χ0n) is 12.8. The number of carboxylic acids is 1. The van der Waals surface area contributed by atoms with Crippen LogP contribution in [0.1, 0.15) is 13.3 Å². The lowest BCUT2D eigenvalue weighted by Crippen LogP contribution is -2.50. The van der Waals surface area contributed by atoms with E-state index in [-0.39, 0.29) is 19.5 Å². The Kier molecular flexibility index (Phi) is 5.02. The Morgan fingerprint density at radius 1 is 1.54 bits per heavy atom. The molecule has 2 bridgehead atoms. The van der Waals surface area contributed by atoms with Crippen LogP contribution in [0.2, 0.25) is 0 Å². The van der Waals surface area contributed by atoms with E-state index in [1.54, 1.807) is 6.92 Å². The Labute approximate surface area is 136 Å². The number of carbonyl (C=O) groups is 4. The molecule has 0 aromatic heterocycles. The third-order valence-corrected chi connectivity index (χ3v) is 3.64. The van der Waals surface area contributed by atoms with Crippen molar-refractivity contribution in [1.29, 1.82) is 0 Å². The fourth-order valence-electron chi connectivity index (χ4n) is 2.62. The van der Waals surface area contributed by atoms with Crippen LogP contribution in [0.5, 0.6) is 0 Å². The summed E-state index contributed by atoms with van der Waals surface area (Å²) in [5, 5.41) is 11.6. The van der Waals surface area contributed by atoms with Crippen molar-refractivity contribution in [2.45, 2.75) is 31.8 Å². The van der Waals surface area contributed by atoms with E-state index in [9.17, 15) is 23.6 Å². The molecule has 10 nitrogen and oxygen atoms in total. The predicted molar refractivity (Wildman–Crippen MR) is 75.7 cm³/mol. The van der Waals surface area contributed by atoms with Gasteiger partial charge in [-0.05, 0) is 12.5 Å². The van der Waals surface area contributed by atoms with E-state index >= 15 is 0 Å². The summed E-state index contributed by atoms with van der Waals surface area (Å²) < 4.78 is 13.2. The number of hydrogen-bond acceptors (Lipinski definition) is 5. The highest BCUT2D eigenvalue weighted by atomic mass is 19.1. The second-order valence-electron chi connectivity index (χ2n) is 5.41. The number of nitrogens with two attached hydrogens (primary N) is 1. The van der Waals surface area contributed by atoms with Gasteiger partial charge in [-0.2, -0.15) is 5.06 Å². The van der Waals surface area contributed by atoms with Crippen LogP contribution in [-0.2, 0) is 19.2 Å². The second kappa shape index (κ2) is 6.83. The van der Waals surface area contributed by atoms with Gasteiger partial charge in [-0.1, -0.05) is 6.08 Å². The molecule has 11 heteroatoms. The summed E-state index contributed by atoms with van der Waals surface area (Å²) in [6.45, 7) is 1.68. The molecular formula is C13H17FN4O6. The first-order valence-corrected chi connectivity index (χ1v) is 7.10. The van der Waals surface area contributed by atoms with E-state index in [1.165, 1.54) is 6.08 Å². The number of nitrogens with one attached hydrogen (secondary N) is 1. The van der Waals surface area contributed by atoms with Crippen LogP contribution in [0.25, 0.3) is 0 Å². The summed E-state index contributed by atoms with van der Waals surface area (Å²) in [6.07, 6.45) is -1.20. The molecule has 132 valence electrons. The molecule has 0 aromatic rings. The summed E-state index contributed by atoms with van der Waals surface area (Å²) in [5.74, 6) is -2.96. The van der Waals surface area contributed by atoms with E-state index in [1.807, 2.05) is 0 Å².